The van der Waals surface area contributed by atoms with Gasteiger partial charge in [0.2, 0.25) is 0 Å². The van der Waals surface area contributed by atoms with Gasteiger partial charge >= 0.3 is 0 Å². The number of halogens is 1. The van der Waals surface area contributed by atoms with Crippen LogP contribution in [0.25, 0.3) is 10.8 Å². The van der Waals surface area contributed by atoms with Gasteiger partial charge in [0.1, 0.15) is 0 Å². The largest absolute Gasteiger partial charge is 0.333 e. The van der Waals surface area contributed by atoms with Gasteiger partial charge in [0.05, 0.1) is 15.3 Å². The van der Waals surface area contributed by atoms with Crippen LogP contribution in [0.5, 0.6) is 0 Å². The number of hydrogen-bond donors (Lipinski definition) is 1. The second kappa shape index (κ2) is 4.97. The number of aromatic nitrogens is 2. The van der Waals surface area contributed by atoms with Crippen molar-refractivity contribution < 1.29 is 4.52 Å². The van der Waals surface area contributed by atoms with Crippen molar-refractivity contribution in [3.05, 3.63) is 22.3 Å². The molecule has 1 fully saturated rings. The fraction of sp³-hybridized carbons (Fsp3) is 0.455. The average molecular weight is 285 g/mol. The molecule has 1 atom stereocenters. The smallest absolute Gasteiger partial charge is 0.268 e. The number of piperazine rings is 1. The zero-order valence-electron chi connectivity index (χ0n) is 9.89. The van der Waals surface area contributed by atoms with E-state index < -0.39 is 0 Å². The first-order valence-corrected chi connectivity index (χ1v) is 6.94. The summed E-state index contributed by atoms with van der Waals surface area (Å²) in [7, 11) is 2.07. The summed E-state index contributed by atoms with van der Waals surface area (Å²) in [4.78, 5) is 7.60. The lowest BCUT2D eigenvalue weighted by molar-refractivity contribution is 0.190. The lowest BCUT2D eigenvalue weighted by atomic mass is 10.2. The van der Waals surface area contributed by atoms with Crippen LogP contribution in [0.15, 0.2) is 16.7 Å². The van der Waals surface area contributed by atoms with Gasteiger partial charge in [-0.25, -0.2) is 0 Å². The lowest BCUT2D eigenvalue weighted by Gasteiger charge is -2.30. The van der Waals surface area contributed by atoms with Crippen LogP contribution < -0.4 is 5.32 Å². The molecule has 2 aromatic heterocycles. The maximum absolute atomic E-state index is 5.90. The Hall–Kier alpha value is -0.950. The summed E-state index contributed by atoms with van der Waals surface area (Å²) >= 11 is 7.34. The van der Waals surface area contributed by atoms with Gasteiger partial charge in [0.25, 0.3) is 5.89 Å². The first-order chi connectivity index (χ1) is 8.74. The molecule has 0 spiro atoms. The number of likely N-dealkylation sites (N-methyl/N-ethyl adjacent to an activating group) is 1. The highest BCUT2D eigenvalue weighted by Crippen LogP contribution is 2.30. The third kappa shape index (κ3) is 2.29. The molecule has 0 aromatic carbocycles. The lowest BCUT2D eigenvalue weighted by Crippen LogP contribution is -2.44. The highest BCUT2D eigenvalue weighted by Gasteiger charge is 2.25. The number of nitrogens with one attached hydrogen (secondary N) is 1. The van der Waals surface area contributed by atoms with E-state index in [1.165, 1.54) is 11.3 Å². The average Bonchev–Trinajstić information content (AvgIpc) is 2.98. The van der Waals surface area contributed by atoms with Crippen molar-refractivity contribution >= 4 is 22.9 Å². The first kappa shape index (κ1) is 12.1. The van der Waals surface area contributed by atoms with Crippen molar-refractivity contribution in [2.45, 2.75) is 6.04 Å². The van der Waals surface area contributed by atoms with Crippen LogP contribution in [-0.4, -0.2) is 41.7 Å². The molecule has 1 aliphatic heterocycles. The Balaban J connectivity index is 1.84. The normalized spacial score (nSPS) is 21.3. The Morgan fingerprint density at radius 1 is 1.56 bits per heavy atom. The van der Waals surface area contributed by atoms with E-state index in [4.69, 9.17) is 16.1 Å². The number of hydrogen-bond acceptors (Lipinski definition) is 6. The van der Waals surface area contributed by atoms with Crippen molar-refractivity contribution in [1.29, 1.82) is 0 Å². The predicted octanol–water partition coefficient (Wildman–Crippen LogP) is 2.03. The van der Waals surface area contributed by atoms with Gasteiger partial charge in [-0.15, -0.1) is 11.3 Å². The molecule has 96 valence electrons. The molecule has 1 unspecified atom stereocenters. The molecule has 3 heterocycles. The molecule has 0 aliphatic carbocycles. The van der Waals surface area contributed by atoms with Crippen LogP contribution in [0.2, 0.25) is 4.34 Å². The van der Waals surface area contributed by atoms with Crippen LogP contribution in [0.4, 0.5) is 0 Å². The Morgan fingerprint density at radius 3 is 3.17 bits per heavy atom. The van der Waals surface area contributed by atoms with E-state index in [9.17, 15) is 0 Å². The third-order valence-electron chi connectivity index (χ3n) is 3.03. The van der Waals surface area contributed by atoms with Gasteiger partial charge in [0, 0.05) is 19.6 Å². The molecule has 1 saturated heterocycles. The second-order valence-corrected chi connectivity index (χ2v) is 5.98. The van der Waals surface area contributed by atoms with Crippen molar-refractivity contribution in [2.24, 2.45) is 0 Å². The minimum atomic E-state index is 0.173. The number of nitrogens with zero attached hydrogens (tertiary/aromatic N) is 3. The highest BCUT2D eigenvalue weighted by atomic mass is 35.5. The number of rotatable bonds is 2. The fourth-order valence-corrected chi connectivity index (χ4v) is 2.96. The molecule has 1 aliphatic rings. The highest BCUT2D eigenvalue weighted by molar-refractivity contribution is 7.19. The summed E-state index contributed by atoms with van der Waals surface area (Å²) in [5.74, 6) is 1.27. The molecule has 18 heavy (non-hydrogen) atoms. The van der Waals surface area contributed by atoms with Gasteiger partial charge in [-0.3, -0.25) is 4.90 Å². The van der Waals surface area contributed by atoms with Crippen LogP contribution in [0.1, 0.15) is 11.9 Å². The van der Waals surface area contributed by atoms with Crippen molar-refractivity contribution in [2.75, 3.05) is 26.7 Å². The van der Waals surface area contributed by atoms with E-state index in [1.807, 2.05) is 12.1 Å². The molecule has 0 amide bonds. The Labute approximate surface area is 114 Å². The Kier molecular flexibility index (Phi) is 3.34. The molecule has 0 saturated carbocycles. The molecule has 2 aromatic rings. The molecule has 1 N–H and O–H groups in total. The van der Waals surface area contributed by atoms with Crippen molar-refractivity contribution in [1.82, 2.24) is 20.4 Å². The van der Waals surface area contributed by atoms with E-state index in [2.05, 4.69) is 27.4 Å². The van der Waals surface area contributed by atoms with E-state index >= 15 is 0 Å². The van der Waals surface area contributed by atoms with E-state index in [-0.39, 0.29) is 6.04 Å². The third-order valence-corrected chi connectivity index (χ3v) is 4.25. The van der Waals surface area contributed by atoms with Crippen LogP contribution in [0.3, 0.4) is 0 Å². The fourth-order valence-electron chi connectivity index (χ4n) is 1.99. The standard InChI is InChI=1S/C11H13ClN4OS/c1-16-5-4-13-6-7(16)10-14-11(17-15-10)8-2-3-9(12)18-8/h2-3,7,13H,4-6H2,1H3. The maximum atomic E-state index is 5.90. The minimum Gasteiger partial charge on any atom is -0.333 e. The molecule has 0 radical (unpaired) electrons. The topological polar surface area (TPSA) is 54.2 Å². The zero-order chi connectivity index (χ0) is 12.5. The molecule has 0 bridgehead atoms. The monoisotopic (exact) mass is 284 g/mol. The maximum Gasteiger partial charge on any atom is 0.268 e. The molecular formula is C11H13ClN4OS. The molecule has 7 heteroatoms. The zero-order valence-corrected chi connectivity index (χ0v) is 11.5. The first-order valence-electron chi connectivity index (χ1n) is 5.74. The predicted molar refractivity (Wildman–Crippen MR) is 70.9 cm³/mol. The van der Waals surface area contributed by atoms with Crippen LogP contribution >= 0.6 is 22.9 Å². The summed E-state index contributed by atoms with van der Waals surface area (Å²) in [6, 6.07) is 3.90. The van der Waals surface area contributed by atoms with Gasteiger partial charge in [-0.1, -0.05) is 16.8 Å². The van der Waals surface area contributed by atoms with Crippen molar-refractivity contribution in [3.8, 4) is 10.8 Å². The SMILES string of the molecule is CN1CCNCC1c1noc(-c2ccc(Cl)s2)n1. The summed E-state index contributed by atoms with van der Waals surface area (Å²) in [6.07, 6.45) is 0. The van der Waals surface area contributed by atoms with E-state index in [1.54, 1.807) is 0 Å². The van der Waals surface area contributed by atoms with Crippen LogP contribution in [0, 0.1) is 0 Å². The summed E-state index contributed by atoms with van der Waals surface area (Å²) in [5.41, 5.74) is 0. The molecule has 3 rings (SSSR count). The second-order valence-electron chi connectivity index (χ2n) is 4.26. The molecular weight excluding hydrogens is 272 g/mol. The Morgan fingerprint density at radius 2 is 2.44 bits per heavy atom. The van der Waals surface area contributed by atoms with E-state index in [0.29, 0.717) is 5.89 Å². The molecule has 5 nitrogen and oxygen atoms in total. The minimum absolute atomic E-state index is 0.173. The van der Waals surface area contributed by atoms with Gasteiger partial charge < -0.3 is 9.84 Å². The summed E-state index contributed by atoms with van der Waals surface area (Å²) < 4.78 is 6.03. The quantitative estimate of drug-likeness (QED) is 0.914. The number of thiophene rings is 1. The van der Waals surface area contributed by atoms with Gasteiger partial charge in [-0.2, -0.15) is 4.98 Å². The van der Waals surface area contributed by atoms with Gasteiger partial charge in [-0.05, 0) is 19.2 Å². The van der Waals surface area contributed by atoms with Crippen molar-refractivity contribution in [3.63, 3.8) is 0 Å². The van der Waals surface area contributed by atoms with E-state index in [0.717, 1.165) is 34.7 Å². The Bertz CT molecular complexity index is 541. The van der Waals surface area contributed by atoms with Crippen LogP contribution in [-0.2, 0) is 0 Å². The van der Waals surface area contributed by atoms with Gasteiger partial charge in [0.15, 0.2) is 5.82 Å². The summed E-state index contributed by atoms with van der Waals surface area (Å²) in [6.45, 7) is 2.83. The summed E-state index contributed by atoms with van der Waals surface area (Å²) in [5, 5.41) is 7.41.